The Morgan fingerprint density at radius 2 is 1.92 bits per heavy atom. The highest BCUT2D eigenvalue weighted by Crippen LogP contribution is 2.38. The van der Waals surface area contributed by atoms with Crippen molar-refractivity contribution in [2.24, 2.45) is 0 Å². The highest BCUT2D eigenvalue weighted by Gasteiger charge is 2.33. The zero-order chi connectivity index (χ0) is 26.7. The summed E-state index contributed by atoms with van der Waals surface area (Å²) in [6, 6.07) is 21.7. The van der Waals surface area contributed by atoms with Crippen LogP contribution >= 0.6 is 11.6 Å². The Kier molecular flexibility index (Phi) is 7.10. The summed E-state index contributed by atoms with van der Waals surface area (Å²) in [5.74, 6) is -0.371. The van der Waals surface area contributed by atoms with Crippen LogP contribution in [0.5, 0.6) is 0 Å². The molecule has 1 aliphatic heterocycles. The van der Waals surface area contributed by atoms with Crippen molar-refractivity contribution >= 4 is 41.7 Å². The first-order valence-electron chi connectivity index (χ1n) is 12.1. The molecule has 0 saturated heterocycles. The highest BCUT2D eigenvalue weighted by molar-refractivity contribution is 6.36. The number of pyridine rings is 1. The molecule has 0 bridgehead atoms. The van der Waals surface area contributed by atoms with Crippen molar-refractivity contribution in [2.75, 3.05) is 10.6 Å². The molecule has 1 unspecified atom stereocenters. The molecule has 0 fully saturated rings. The minimum Gasteiger partial charge on any atom is -0.378 e. The second kappa shape index (κ2) is 10.6. The van der Waals surface area contributed by atoms with Crippen molar-refractivity contribution in [2.45, 2.75) is 24.8 Å². The number of nitriles is 1. The van der Waals surface area contributed by atoms with E-state index in [1.165, 1.54) is 18.3 Å². The molecular formula is C28H24BClFN7. The largest absolute Gasteiger partial charge is 0.378 e. The molecule has 0 aliphatic carbocycles. The molecule has 0 amide bonds. The highest BCUT2D eigenvalue weighted by atomic mass is 35.5. The summed E-state index contributed by atoms with van der Waals surface area (Å²) >= 11 is 6.71. The third kappa shape index (κ3) is 4.84. The molecule has 2 heterocycles. The molecule has 5 rings (SSSR count). The Bertz CT molecular complexity index is 1540. The van der Waals surface area contributed by atoms with E-state index in [4.69, 9.17) is 19.4 Å². The summed E-state index contributed by atoms with van der Waals surface area (Å²) in [5.41, 5.74) is 11.8. The van der Waals surface area contributed by atoms with Crippen LogP contribution < -0.4 is 27.0 Å². The van der Waals surface area contributed by atoms with Crippen molar-refractivity contribution in [3.8, 4) is 6.07 Å². The summed E-state index contributed by atoms with van der Waals surface area (Å²) in [4.78, 5) is 4.46. The van der Waals surface area contributed by atoms with Crippen LogP contribution in [0.1, 0.15) is 36.1 Å². The smallest absolute Gasteiger partial charge is 0.123 e. The number of fused-ring (bicyclic) bond motifs is 1. The van der Waals surface area contributed by atoms with E-state index in [1.807, 2.05) is 36.4 Å². The van der Waals surface area contributed by atoms with Gasteiger partial charge in [0.1, 0.15) is 19.7 Å². The Morgan fingerprint density at radius 1 is 1.16 bits per heavy atom. The van der Waals surface area contributed by atoms with E-state index in [-0.39, 0.29) is 11.9 Å². The van der Waals surface area contributed by atoms with E-state index in [1.54, 1.807) is 24.4 Å². The van der Waals surface area contributed by atoms with Gasteiger partial charge in [-0.3, -0.25) is 4.98 Å². The monoisotopic (exact) mass is 523 g/mol. The standard InChI is InChI=1S/C28H24BClFN7/c1-2-24(17-6-4-3-5-7-17)35-26-18(14-32)15-33-27-22(26)12-21(13-23(27)30)36-28(29,25-16-34-38-37-25)19-8-10-20(31)11-9-19/h3-13,15-16,24,34,36-38H,2H2,1H3,(H,33,35)/t24-,28?/m1/s1. The molecule has 5 N–H and O–H groups in total. The lowest BCUT2D eigenvalue weighted by atomic mass is 9.69. The minimum absolute atomic E-state index is 0.0397. The van der Waals surface area contributed by atoms with Crippen molar-refractivity contribution in [1.82, 2.24) is 21.4 Å². The molecule has 2 atom stereocenters. The van der Waals surface area contributed by atoms with E-state index in [0.717, 1.165) is 12.0 Å². The van der Waals surface area contributed by atoms with Crippen LogP contribution in [-0.2, 0) is 5.44 Å². The van der Waals surface area contributed by atoms with Gasteiger partial charge in [-0.05, 0) is 41.8 Å². The predicted octanol–water partition coefficient (Wildman–Crippen LogP) is 5.35. The first-order valence-corrected chi connectivity index (χ1v) is 12.4. The summed E-state index contributed by atoms with van der Waals surface area (Å²) in [5, 5.41) is 17.9. The van der Waals surface area contributed by atoms with Crippen LogP contribution in [0.15, 0.2) is 84.8 Å². The number of benzene rings is 3. The van der Waals surface area contributed by atoms with Gasteiger partial charge in [0.05, 0.1) is 39.0 Å². The molecule has 2 radical (unpaired) electrons. The Hall–Kier alpha value is -4.26. The number of aromatic nitrogens is 1. The molecule has 3 aromatic carbocycles. The van der Waals surface area contributed by atoms with Gasteiger partial charge in [-0.25, -0.2) is 4.39 Å². The molecule has 1 aromatic heterocycles. The maximum atomic E-state index is 13.7. The molecule has 1 aliphatic rings. The average Bonchev–Trinajstić information content (AvgIpc) is 3.48. The number of rotatable bonds is 8. The number of hydrazine groups is 2. The fourth-order valence-corrected chi connectivity index (χ4v) is 4.82. The van der Waals surface area contributed by atoms with Crippen LogP contribution in [0.25, 0.3) is 10.9 Å². The first-order chi connectivity index (χ1) is 18.4. The summed E-state index contributed by atoms with van der Waals surface area (Å²) in [6.45, 7) is 2.08. The molecule has 4 aromatic rings. The van der Waals surface area contributed by atoms with Gasteiger partial charge in [-0.2, -0.15) is 10.8 Å². The van der Waals surface area contributed by atoms with Crippen LogP contribution in [-0.4, -0.2) is 12.8 Å². The zero-order valence-corrected chi connectivity index (χ0v) is 21.3. The lowest BCUT2D eigenvalue weighted by Crippen LogP contribution is -2.44. The number of nitrogens with one attached hydrogen (secondary N) is 5. The lowest BCUT2D eigenvalue weighted by Gasteiger charge is -2.34. The maximum absolute atomic E-state index is 13.7. The van der Waals surface area contributed by atoms with Gasteiger partial charge in [-0.15, -0.1) is 0 Å². The summed E-state index contributed by atoms with van der Waals surface area (Å²) < 4.78 is 13.7. The number of anilines is 2. The predicted molar refractivity (Wildman–Crippen MR) is 150 cm³/mol. The van der Waals surface area contributed by atoms with Crippen molar-refractivity contribution in [3.63, 3.8) is 0 Å². The van der Waals surface area contributed by atoms with E-state index in [0.29, 0.717) is 44.1 Å². The van der Waals surface area contributed by atoms with Crippen molar-refractivity contribution < 1.29 is 4.39 Å². The first kappa shape index (κ1) is 25.4. The number of halogens is 2. The van der Waals surface area contributed by atoms with Crippen LogP contribution in [0.3, 0.4) is 0 Å². The molecule has 7 nitrogen and oxygen atoms in total. The topological polar surface area (TPSA) is 96.8 Å². The third-order valence-electron chi connectivity index (χ3n) is 6.53. The molecule has 38 heavy (non-hydrogen) atoms. The lowest BCUT2D eigenvalue weighted by molar-refractivity contribution is 0.571. The Labute approximate surface area is 226 Å². The fraction of sp³-hybridized carbons (Fsp3) is 0.143. The quantitative estimate of drug-likeness (QED) is 0.199. The second-order valence-corrected chi connectivity index (χ2v) is 9.33. The van der Waals surface area contributed by atoms with E-state index < -0.39 is 5.44 Å². The molecular weight excluding hydrogens is 500 g/mol. The second-order valence-electron chi connectivity index (χ2n) is 8.92. The van der Waals surface area contributed by atoms with Crippen molar-refractivity contribution in [3.05, 3.63) is 112 Å². The molecule has 10 heteroatoms. The number of hydrogen-bond acceptors (Lipinski definition) is 7. The molecule has 0 spiro atoms. The fourth-order valence-electron chi connectivity index (χ4n) is 4.55. The number of hydrogen-bond donors (Lipinski definition) is 5. The zero-order valence-electron chi connectivity index (χ0n) is 20.5. The van der Waals surface area contributed by atoms with E-state index in [2.05, 4.69) is 45.0 Å². The summed E-state index contributed by atoms with van der Waals surface area (Å²) in [7, 11) is 6.90. The van der Waals surface area contributed by atoms with Gasteiger partial charge in [0.25, 0.3) is 0 Å². The van der Waals surface area contributed by atoms with Gasteiger partial charge >= 0.3 is 0 Å². The Morgan fingerprint density at radius 3 is 2.58 bits per heavy atom. The van der Waals surface area contributed by atoms with Gasteiger partial charge in [0.15, 0.2) is 0 Å². The van der Waals surface area contributed by atoms with E-state index >= 15 is 0 Å². The molecule has 188 valence electrons. The Balaban J connectivity index is 1.61. The van der Waals surface area contributed by atoms with Gasteiger partial charge < -0.3 is 21.5 Å². The molecule has 0 saturated carbocycles. The SMILES string of the molecule is [B]C(Nc1cc(Cl)c2ncc(C#N)c(N[C@H](CC)c3ccccc3)c2c1)(C1=CNNN1)c1ccc(F)cc1. The van der Waals surface area contributed by atoms with Crippen LogP contribution in [0.2, 0.25) is 5.02 Å². The van der Waals surface area contributed by atoms with E-state index in [9.17, 15) is 9.65 Å². The minimum atomic E-state index is -1.29. The van der Waals surface area contributed by atoms with Gasteiger partial charge in [0.2, 0.25) is 0 Å². The van der Waals surface area contributed by atoms with Crippen molar-refractivity contribution in [1.29, 1.82) is 5.26 Å². The normalized spacial score (nSPS) is 14.9. The third-order valence-corrected chi connectivity index (χ3v) is 6.81. The van der Waals surface area contributed by atoms with Gasteiger partial charge in [-0.1, -0.05) is 61.0 Å². The average molecular weight is 524 g/mol. The maximum Gasteiger partial charge on any atom is 0.123 e. The van der Waals surface area contributed by atoms with Crippen LogP contribution in [0.4, 0.5) is 15.8 Å². The number of nitrogens with zero attached hydrogens (tertiary/aromatic N) is 2. The van der Waals surface area contributed by atoms with Gasteiger partial charge in [0, 0.05) is 23.5 Å². The summed E-state index contributed by atoms with van der Waals surface area (Å²) in [6.07, 6.45) is 3.99. The van der Waals surface area contributed by atoms with Crippen LogP contribution in [0, 0.1) is 17.1 Å².